The van der Waals surface area contributed by atoms with Gasteiger partial charge in [0.1, 0.15) is 5.69 Å². The van der Waals surface area contributed by atoms with Crippen LogP contribution in [0.25, 0.3) is 0 Å². The number of pyridine rings is 1. The van der Waals surface area contributed by atoms with Crippen LogP contribution in [-0.2, 0) is 0 Å². The van der Waals surface area contributed by atoms with Crippen LogP contribution in [-0.4, -0.2) is 38.8 Å². The number of amides is 2. The molecule has 2 amide bonds. The quantitative estimate of drug-likeness (QED) is 0.889. The van der Waals surface area contributed by atoms with Crippen molar-refractivity contribution in [2.75, 3.05) is 11.9 Å². The molecular formula is C18H25N5O2. The number of likely N-dealkylation sites (tertiary alicyclic amines) is 1. The van der Waals surface area contributed by atoms with E-state index in [0.29, 0.717) is 11.6 Å². The van der Waals surface area contributed by atoms with Gasteiger partial charge in [-0.3, -0.25) is 5.10 Å². The molecule has 2 N–H and O–H groups in total. The van der Waals surface area contributed by atoms with Gasteiger partial charge in [0, 0.05) is 24.0 Å². The molecule has 2 aromatic heterocycles. The third-order valence-corrected chi connectivity index (χ3v) is 4.39. The zero-order valence-electron chi connectivity index (χ0n) is 15.2. The summed E-state index contributed by atoms with van der Waals surface area (Å²) in [4.78, 5) is 19.0. The molecule has 7 nitrogen and oxygen atoms in total. The van der Waals surface area contributed by atoms with E-state index in [1.165, 1.54) is 0 Å². The number of aromatic amines is 1. The van der Waals surface area contributed by atoms with Crippen molar-refractivity contribution >= 4 is 11.7 Å². The zero-order valence-corrected chi connectivity index (χ0v) is 15.2. The highest BCUT2D eigenvalue weighted by atomic mass is 16.5. The van der Waals surface area contributed by atoms with Crippen LogP contribution in [0.1, 0.15) is 49.7 Å². The molecule has 134 valence electrons. The molecule has 1 aliphatic rings. The van der Waals surface area contributed by atoms with E-state index in [1.54, 1.807) is 12.3 Å². The Morgan fingerprint density at radius 3 is 2.92 bits per heavy atom. The molecular weight excluding hydrogens is 318 g/mol. The SMILES string of the molecule is Cc1n[nH]c(C)c1[C@H]1CCCN1C(=O)Nc1cccnc1OC(C)C. The first kappa shape index (κ1) is 17.3. The number of hydrogen-bond donors (Lipinski definition) is 2. The third-order valence-electron chi connectivity index (χ3n) is 4.39. The maximum atomic E-state index is 12.9. The predicted octanol–water partition coefficient (Wildman–Crippen LogP) is 3.58. The number of anilines is 1. The van der Waals surface area contributed by atoms with E-state index in [-0.39, 0.29) is 18.2 Å². The van der Waals surface area contributed by atoms with Crippen molar-refractivity contribution in [2.24, 2.45) is 0 Å². The largest absolute Gasteiger partial charge is 0.473 e. The highest BCUT2D eigenvalue weighted by molar-refractivity contribution is 5.91. The van der Waals surface area contributed by atoms with E-state index in [9.17, 15) is 4.79 Å². The van der Waals surface area contributed by atoms with E-state index in [0.717, 1.165) is 36.3 Å². The predicted molar refractivity (Wildman–Crippen MR) is 95.8 cm³/mol. The summed E-state index contributed by atoms with van der Waals surface area (Å²) in [5.74, 6) is 0.442. The van der Waals surface area contributed by atoms with Crippen LogP contribution in [0, 0.1) is 13.8 Å². The van der Waals surface area contributed by atoms with Crippen molar-refractivity contribution in [1.29, 1.82) is 0 Å². The van der Waals surface area contributed by atoms with Gasteiger partial charge in [0.15, 0.2) is 0 Å². The highest BCUT2D eigenvalue weighted by Crippen LogP contribution is 2.35. The molecule has 0 spiro atoms. The number of nitrogens with zero attached hydrogens (tertiary/aromatic N) is 3. The topological polar surface area (TPSA) is 83.1 Å². The van der Waals surface area contributed by atoms with Gasteiger partial charge in [-0.1, -0.05) is 0 Å². The minimum Gasteiger partial charge on any atom is -0.473 e. The Bertz CT molecular complexity index is 736. The smallest absolute Gasteiger partial charge is 0.322 e. The van der Waals surface area contributed by atoms with E-state index in [4.69, 9.17) is 4.74 Å². The molecule has 3 rings (SSSR count). The molecule has 0 radical (unpaired) electrons. The summed E-state index contributed by atoms with van der Waals surface area (Å²) in [6.07, 6.45) is 3.56. The molecule has 3 heterocycles. The van der Waals surface area contributed by atoms with E-state index in [2.05, 4.69) is 20.5 Å². The maximum absolute atomic E-state index is 12.9. The van der Waals surface area contributed by atoms with Crippen LogP contribution >= 0.6 is 0 Å². The Labute approximate surface area is 147 Å². The summed E-state index contributed by atoms with van der Waals surface area (Å²) in [5.41, 5.74) is 3.68. The lowest BCUT2D eigenvalue weighted by atomic mass is 10.0. The number of aromatic nitrogens is 3. The van der Waals surface area contributed by atoms with Crippen LogP contribution in [0.2, 0.25) is 0 Å². The summed E-state index contributed by atoms with van der Waals surface area (Å²) < 4.78 is 5.69. The van der Waals surface area contributed by atoms with E-state index < -0.39 is 0 Å². The molecule has 7 heteroatoms. The molecule has 0 saturated carbocycles. The lowest BCUT2D eigenvalue weighted by molar-refractivity contribution is 0.206. The minimum absolute atomic E-state index is 0.0127. The van der Waals surface area contributed by atoms with Crippen molar-refractivity contribution in [3.05, 3.63) is 35.3 Å². The van der Waals surface area contributed by atoms with Gasteiger partial charge in [0.25, 0.3) is 0 Å². The number of aryl methyl sites for hydroxylation is 2. The number of carbonyl (C=O) groups excluding carboxylic acids is 1. The van der Waals surface area contributed by atoms with E-state index in [1.807, 2.05) is 38.7 Å². The van der Waals surface area contributed by atoms with Gasteiger partial charge in [0.05, 0.1) is 17.8 Å². The zero-order chi connectivity index (χ0) is 18.0. The van der Waals surface area contributed by atoms with Gasteiger partial charge in [-0.25, -0.2) is 9.78 Å². The number of nitrogens with one attached hydrogen (secondary N) is 2. The standard InChI is InChI=1S/C18H25N5O2/c1-11(2)25-17-14(7-5-9-19-17)20-18(24)23-10-6-8-15(23)16-12(3)21-22-13(16)4/h5,7,9,11,15H,6,8,10H2,1-4H3,(H,20,24)(H,21,22)/t15-/m1/s1. The summed E-state index contributed by atoms with van der Waals surface area (Å²) >= 11 is 0. The van der Waals surface area contributed by atoms with Crippen molar-refractivity contribution in [3.8, 4) is 5.88 Å². The average Bonchev–Trinajstić information content (AvgIpc) is 3.15. The Kier molecular flexibility index (Phi) is 4.92. The molecule has 1 saturated heterocycles. The summed E-state index contributed by atoms with van der Waals surface area (Å²) in [6.45, 7) is 8.56. The first-order valence-corrected chi connectivity index (χ1v) is 8.68. The second-order valence-electron chi connectivity index (χ2n) is 6.65. The van der Waals surface area contributed by atoms with Gasteiger partial charge in [0.2, 0.25) is 5.88 Å². The van der Waals surface area contributed by atoms with E-state index >= 15 is 0 Å². The molecule has 0 aromatic carbocycles. The normalized spacial score (nSPS) is 17.2. The Morgan fingerprint density at radius 1 is 1.44 bits per heavy atom. The van der Waals surface area contributed by atoms with Gasteiger partial charge in [-0.05, 0) is 52.7 Å². The first-order valence-electron chi connectivity index (χ1n) is 8.68. The molecule has 2 aromatic rings. The van der Waals surface area contributed by atoms with Crippen molar-refractivity contribution < 1.29 is 9.53 Å². The molecule has 25 heavy (non-hydrogen) atoms. The number of carbonyl (C=O) groups is 1. The number of rotatable bonds is 4. The van der Waals surface area contributed by atoms with Crippen molar-refractivity contribution in [2.45, 2.75) is 52.7 Å². The number of ether oxygens (including phenoxy) is 1. The monoisotopic (exact) mass is 343 g/mol. The Morgan fingerprint density at radius 2 is 2.24 bits per heavy atom. The summed E-state index contributed by atoms with van der Waals surface area (Å²) in [5, 5.41) is 10.2. The lowest BCUT2D eigenvalue weighted by Crippen LogP contribution is -2.35. The highest BCUT2D eigenvalue weighted by Gasteiger charge is 2.33. The third kappa shape index (κ3) is 3.60. The fourth-order valence-electron chi connectivity index (χ4n) is 3.35. The second kappa shape index (κ2) is 7.13. The second-order valence-corrected chi connectivity index (χ2v) is 6.65. The van der Waals surface area contributed by atoms with Crippen LogP contribution in [0.3, 0.4) is 0 Å². The van der Waals surface area contributed by atoms with Gasteiger partial charge >= 0.3 is 6.03 Å². The number of urea groups is 1. The van der Waals surface area contributed by atoms with Crippen molar-refractivity contribution in [3.63, 3.8) is 0 Å². The van der Waals surface area contributed by atoms with Crippen LogP contribution in [0.5, 0.6) is 5.88 Å². The summed E-state index contributed by atoms with van der Waals surface area (Å²) in [6, 6.07) is 3.51. The molecule has 1 atom stereocenters. The van der Waals surface area contributed by atoms with Crippen LogP contribution < -0.4 is 10.1 Å². The van der Waals surface area contributed by atoms with Crippen LogP contribution in [0.4, 0.5) is 10.5 Å². The Balaban J connectivity index is 1.79. The minimum atomic E-state index is -0.135. The van der Waals surface area contributed by atoms with Crippen LogP contribution in [0.15, 0.2) is 18.3 Å². The Hall–Kier alpha value is -2.57. The number of H-pyrrole nitrogens is 1. The molecule has 1 fully saturated rings. The average molecular weight is 343 g/mol. The lowest BCUT2D eigenvalue weighted by Gasteiger charge is -2.26. The maximum Gasteiger partial charge on any atom is 0.322 e. The fourth-order valence-corrected chi connectivity index (χ4v) is 3.35. The molecule has 0 unspecified atom stereocenters. The van der Waals surface area contributed by atoms with Gasteiger partial charge in [-0.15, -0.1) is 0 Å². The van der Waals surface area contributed by atoms with Crippen molar-refractivity contribution in [1.82, 2.24) is 20.1 Å². The fraction of sp³-hybridized carbons (Fsp3) is 0.500. The summed E-state index contributed by atoms with van der Waals surface area (Å²) in [7, 11) is 0. The molecule has 0 aliphatic carbocycles. The van der Waals surface area contributed by atoms with Gasteiger partial charge < -0.3 is 15.0 Å². The molecule has 1 aliphatic heterocycles. The number of hydrogen-bond acceptors (Lipinski definition) is 4. The molecule has 0 bridgehead atoms. The van der Waals surface area contributed by atoms with Gasteiger partial charge in [-0.2, -0.15) is 5.10 Å². The first-order chi connectivity index (χ1) is 12.0.